The van der Waals surface area contributed by atoms with Gasteiger partial charge in [0.1, 0.15) is 11.5 Å². The molecule has 1 amide bonds. The van der Waals surface area contributed by atoms with Gasteiger partial charge in [0, 0.05) is 11.6 Å². The Morgan fingerprint density at radius 1 is 1.07 bits per heavy atom. The minimum absolute atomic E-state index is 0.125. The standard InChI is InChI=1S/C22H28ClNO3/c1-15(2)26-19-9-5-7-18(14-19)8-6-12-24-22(25)17(4)27-20-10-11-21(23)16(3)13-20/h5,7,9-11,13-15,17H,6,8,12H2,1-4H3,(H,24,25)/t17-/m0/s1. The van der Waals surface area contributed by atoms with Gasteiger partial charge in [0.15, 0.2) is 6.10 Å². The quantitative estimate of drug-likeness (QED) is 0.617. The molecule has 2 aromatic rings. The maximum absolute atomic E-state index is 12.2. The average Bonchev–Trinajstić information content (AvgIpc) is 2.61. The zero-order valence-corrected chi connectivity index (χ0v) is 17.2. The highest BCUT2D eigenvalue weighted by atomic mass is 35.5. The van der Waals surface area contributed by atoms with Crippen molar-refractivity contribution in [1.82, 2.24) is 5.32 Å². The third-order valence-electron chi connectivity index (χ3n) is 4.02. The minimum Gasteiger partial charge on any atom is -0.491 e. The topological polar surface area (TPSA) is 47.6 Å². The van der Waals surface area contributed by atoms with Crippen molar-refractivity contribution in [3.8, 4) is 11.5 Å². The lowest BCUT2D eigenvalue weighted by Gasteiger charge is -2.15. The largest absolute Gasteiger partial charge is 0.491 e. The van der Waals surface area contributed by atoms with Crippen molar-refractivity contribution in [2.75, 3.05) is 6.54 Å². The fraction of sp³-hybridized carbons (Fsp3) is 0.409. The van der Waals surface area contributed by atoms with Gasteiger partial charge in [-0.1, -0.05) is 23.7 Å². The van der Waals surface area contributed by atoms with E-state index in [-0.39, 0.29) is 12.0 Å². The average molecular weight is 390 g/mol. The van der Waals surface area contributed by atoms with Gasteiger partial charge in [-0.2, -0.15) is 0 Å². The van der Waals surface area contributed by atoms with Crippen LogP contribution in [0.25, 0.3) is 0 Å². The summed E-state index contributed by atoms with van der Waals surface area (Å²) in [4.78, 5) is 12.2. The molecule has 5 heteroatoms. The highest BCUT2D eigenvalue weighted by Crippen LogP contribution is 2.22. The van der Waals surface area contributed by atoms with Gasteiger partial charge in [-0.25, -0.2) is 0 Å². The molecular formula is C22H28ClNO3. The van der Waals surface area contributed by atoms with Gasteiger partial charge >= 0.3 is 0 Å². The van der Waals surface area contributed by atoms with E-state index < -0.39 is 6.10 Å². The van der Waals surface area contributed by atoms with Gasteiger partial charge < -0.3 is 14.8 Å². The molecule has 1 atom stereocenters. The number of nitrogens with one attached hydrogen (secondary N) is 1. The fourth-order valence-corrected chi connectivity index (χ4v) is 2.76. The van der Waals surface area contributed by atoms with E-state index in [4.69, 9.17) is 21.1 Å². The fourth-order valence-electron chi connectivity index (χ4n) is 2.64. The van der Waals surface area contributed by atoms with Crippen LogP contribution in [-0.2, 0) is 11.2 Å². The van der Waals surface area contributed by atoms with E-state index in [1.54, 1.807) is 19.1 Å². The lowest BCUT2D eigenvalue weighted by atomic mass is 10.1. The van der Waals surface area contributed by atoms with Crippen molar-refractivity contribution >= 4 is 17.5 Å². The molecule has 0 fully saturated rings. The Morgan fingerprint density at radius 2 is 1.81 bits per heavy atom. The SMILES string of the molecule is Cc1cc(O[C@@H](C)C(=O)NCCCc2cccc(OC(C)C)c2)ccc1Cl. The first-order valence-corrected chi connectivity index (χ1v) is 9.69. The molecule has 0 saturated carbocycles. The van der Waals surface area contributed by atoms with E-state index in [1.807, 2.05) is 39.0 Å². The predicted molar refractivity (Wildman–Crippen MR) is 110 cm³/mol. The molecule has 146 valence electrons. The van der Waals surface area contributed by atoms with Gasteiger partial charge in [0.05, 0.1) is 6.10 Å². The second-order valence-corrected chi connectivity index (χ2v) is 7.29. The van der Waals surface area contributed by atoms with Crippen molar-refractivity contribution < 1.29 is 14.3 Å². The van der Waals surface area contributed by atoms with E-state index >= 15 is 0 Å². The Hall–Kier alpha value is -2.20. The number of carbonyl (C=O) groups excluding carboxylic acids is 1. The summed E-state index contributed by atoms with van der Waals surface area (Å²) in [6.07, 6.45) is 1.32. The number of aryl methyl sites for hydroxylation is 2. The lowest BCUT2D eigenvalue weighted by molar-refractivity contribution is -0.127. The van der Waals surface area contributed by atoms with E-state index in [1.165, 1.54) is 5.56 Å². The summed E-state index contributed by atoms with van der Waals surface area (Å²) in [7, 11) is 0. The Bertz CT molecular complexity index is 761. The molecule has 0 aliphatic carbocycles. The van der Waals surface area contributed by atoms with Gasteiger partial charge in [-0.05, 0) is 82.0 Å². The molecule has 0 heterocycles. The summed E-state index contributed by atoms with van der Waals surface area (Å²) >= 11 is 6.01. The molecule has 0 aromatic heterocycles. The van der Waals surface area contributed by atoms with Crippen molar-refractivity contribution in [2.45, 2.75) is 52.7 Å². The first-order chi connectivity index (χ1) is 12.8. The van der Waals surface area contributed by atoms with Crippen LogP contribution in [0, 0.1) is 6.92 Å². The normalized spacial score (nSPS) is 11.9. The molecule has 4 nitrogen and oxygen atoms in total. The molecule has 0 radical (unpaired) electrons. The molecule has 2 aromatic carbocycles. The van der Waals surface area contributed by atoms with E-state index in [9.17, 15) is 4.79 Å². The molecule has 0 bridgehead atoms. The number of amides is 1. The minimum atomic E-state index is -0.562. The smallest absolute Gasteiger partial charge is 0.260 e. The Balaban J connectivity index is 1.74. The van der Waals surface area contributed by atoms with Crippen LogP contribution < -0.4 is 14.8 Å². The third kappa shape index (κ3) is 7.14. The van der Waals surface area contributed by atoms with Crippen molar-refractivity contribution in [1.29, 1.82) is 0 Å². The van der Waals surface area contributed by atoms with Crippen LogP contribution in [0.15, 0.2) is 42.5 Å². The molecule has 2 rings (SSSR count). The van der Waals surface area contributed by atoms with E-state index in [2.05, 4.69) is 17.4 Å². The molecular weight excluding hydrogens is 362 g/mol. The first-order valence-electron chi connectivity index (χ1n) is 9.31. The molecule has 27 heavy (non-hydrogen) atoms. The highest BCUT2D eigenvalue weighted by Gasteiger charge is 2.14. The van der Waals surface area contributed by atoms with Crippen LogP contribution in [0.3, 0.4) is 0 Å². The summed E-state index contributed by atoms with van der Waals surface area (Å²) in [5, 5.41) is 3.61. The molecule has 0 saturated heterocycles. The number of carbonyl (C=O) groups is 1. The van der Waals surface area contributed by atoms with Crippen LogP contribution >= 0.6 is 11.6 Å². The van der Waals surface area contributed by atoms with Crippen LogP contribution in [0.4, 0.5) is 0 Å². The Morgan fingerprint density at radius 3 is 2.52 bits per heavy atom. The first kappa shape index (κ1) is 21.1. The van der Waals surface area contributed by atoms with Crippen LogP contribution in [0.1, 0.15) is 38.3 Å². The van der Waals surface area contributed by atoms with Gasteiger partial charge in [0.25, 0.3) is 5.91 Å². The van der Waals surface area contributed by atoms with Crippen molar-refractivity contribution in [2.24, 2.45) is 0 Å². The summed E-state index contributed by atoms with van der Waals surface area (Å²) in [5.74, 6) is 1.40. The van der Waals surface area contributed by atoms with Crippen molar-refractivity contribution in [3.05, 3.63) is 58.6 Å². The monoisotopic (exact) mass is 389 g/mol. The second kappa shape index (κ2) is 10.2. The van der Waals surface area contributed by atoms with E-state index in [0.717, 1.165) is 24.2 Å². The molecule has 0 aliphatic heterocycles. The molecule has 0 spiro atoms. The number of rotatable bonds is 9. The van der Waals surface area contributed by atoms with E-state index in [0.29, 0.717) is 17.3 Å². The van der Waals surface area contributed by atoms with Gasteiger partial charge in [-0.3, -0.25) is 4.79 Å². The molecule has 0 aliphatic rings. The maximum Gasteiger partial charge on any atom is 0.260 e. The third-order valence-corrected chi connectivity index (χ3v) is 4.45. The van der Waals surface area contributed by atoms with Crippen LogP contribution in [-0.4, -0.2) is 24.7 Å². The van der Waals surface area contributed by atoms with Crippen LogP contribution in [0.2, 0.25) is 5.02 Å². The lowest BCUT2D eigenvalue weighted by Crippen LogP contribution is -2.36. The second-order valence-electron chi connectivity index (χ2n) is 6.88. The molecule has 0 unspecified atom stereocenters. The predicted octanol–water partition coefficient (Wildman–Crippen LogP) is 4.95. The number of ether oxygens (including phenoxy) is 2. The zero-order chi connectivity index (χ0) is 19.8. The summed E-state index contributed by atoms with van der Waals surface area (Å²) in [5.41, 5.74) is 2.12. The highest BCUT2D eigenvalue weighted by molar-refractivity contribution is 6.31. The summed E-state index contributed by atoms with van der Waals surface area (Å²) in [6.45, 7) is 8.27. The van der Waals surface area contributed by atoms with Gasteiger partial charge in [-0.15, -0.1) is 0 Å². The van der Waals surface area contributed by atoms with Gasteiger partial charge in [0.2, 0.25) is 0 Å². The summed E-state index contributed by atoms with van der Waals surface area (Å²) < 4.78 is 11.4. The Kier molecular flexibility index (Phi) is 7.99. The van der Waals surface area contributed by atoms with Crippen LogP contribution in [0.5, 0.6) is 11.5 Å². The Labute approximate surface area is 166 Å². The summed E-state index contributed by atoms with van der Waals surface area (Å²) in [6, 6.07) is 13.5. The maximum atomic E-state index is 12.2. The number of benzene rings is 2. The molecule has 1 N–H and O–H groups in total. The zero-order valence-electron chi connectivity index (χ0n) is 16.4. The number of hydrogen-bond donors (Lipinski definition) is 1. The number of halogens is 1. The van der Waals surface area contributed by atoms with Crippen molar-refractivity contribution in [3.63, 3.8) is 0 Å². The number of hydrogen-bond acceptors (Lipinski definition) is 3.